The molecule has 1 radical (unpaired) electrons. The van der Waals surface area contributed by atoms with Gasteiger partial charge in [-0.15, -0.1) is 0 Å². The Morgan fingerprint density at radius 1 is 1.50 bits per heavy atom. The normalized spacial score (nSPS) is 14.6. The van der Waals surface area contributed by atoms with E-state index < -0.39 is 0 Å². The fraction of sp³-hybridized carbons (Fsp3) is 0.167. The van der Waals surface area contributed by atoms with Crippen LogP contribution in [0, 0.1) is 6.42 Å². The standard InChI is InChI=1S/C12H14N5O/c1-18-16-7-10-11(13)14-8-15-12(10)17-9-5-3-2-4-6-9/h2-3,5-8H,4H2,1H3,(H3,13,14,15,17). The van der Waals surface area contributed by atoms with Gasteiger partial charge in [-0.2, -0.15) is 0 Å². The third-order valence-electron chi connectivity index (χ3n) is 2.35. The zero-order chi connectivity index (χ0) is 12.8. The number of nitrogens with one attached hydrogen (secondary N) is 1. The number of aromatic nitrogens is 2. The van der Waals surface area contributed by atoms with Crippen LogP contribution in [0.4, 0.5) is 11.6 Å². The van der Waals surface area contributed by atoms with Crippen LogP contribution in [0.5, 0.6) is 0 Å². The average molecular weight is 244 g/mol. The van der Waals surface area contributed by atoms with Gasteiger partial charge in [-0.1, -0.05) is 17.3 Å². The molecule has 1 aliphatic carbocycles. The first-order valence-electron chi connectivity index (χ1n) is 5.45. The molecule has 0 aromatic carbocycles. The van der Waals surface area contributed by atoms with Crippen LogP contribution >= 0.6 is 0 Å². The third-order valence-corrected chi connectivity index (χ3v) is 2.35. The summed E-state index contributed by atoms with van der Waals surface area (Å²) in [7, 11) is 1.46. The van der Waals surface area contributed by atoms with Gasteiger partial charge in [-0.05, 0) is 18.9 Å². The molecule has 0 unspecified atom stereocenters. The van der Waals surface area contributed by atoms with Gasteiger partial charge in [-0.25, -0.2) is 9.97 Å². The topological polar surface area (TPSA) is 85.4 Å². The first kappa shape index (κ1) is 12.1. The van der Waals surface area contributed by atoms with Crippen molar-refractivity contribution in [2.75, 3.05) is 18.2 Å². The smallest absolute Gasteiger partial charge is 0.144 e. The van der Waals surface area contributed by atoms with Gasteiger partial charge in [0.05, 0.1) is 11.8 Å². The fourth-order valence-electron chi connectivity index (χ4n) is 1.48. The zero-order valence-electron chi connectivity index (χ0n) is 10.00. The molecule has 0 bridgehead atoms. The Morgan fingerprint density at radius 2 is 2.39 bits per heavy atom. The SMILES string of the molecule is CON=Cc1c(N)ncnc1NC1=CC[CH]C=C1. The molecular weight excluding hydrogens is 230 g/mol. The first-order valence-corrected chi connectivity index (χ1v) is 5.45. The molecule has 0 saturated carbocycles. The molecule has 93 valence electrons. The minimum atomic E-state index is 0.347. The van der Waals surface area contributed by atoms with Crippen LogP contribution in [0.25, 0.3) is 0 Å². The molecule has 0 aliphatic heterocycles. The maximum Gasteiger partial charge on any atom is 0.144 e. The van der Waals surface area contributed by atoms with Crippen LogP contribution in [0.3, 0.4) is 0 Å². The van der Waals surface area contributed by atoms with Gasteiger partial charge in [0.1, 0.15) is 25.1 Å². The second kappa shape index (κ2) is 5.81. The molecule has 1 aliphatic rings. The largest absolute Gasteiger partial charge is 0.399 e. The molecule has 2 rings (SSSR count). The Hall–Kier alpha value is -2.37. The van der Waals surface area contributed by atoms with Crippen molar-refractivity contribution in [2.45, 2.75) is 6.42 Å². The molecule has 0 fully saturated rings. The average Bonchev–Trinajstić information content (AvgIpc) is 2.39. The lowest BCUT2D eigenvalue weighted by Crippen LogP contribution is -2.08. The number of oxime groups is 1. The predicted octanol–water partition coefficient (Wildman–Crippen LogP) is 1.50. The number of nitrogen functional groups attached to an aromatic ring is 1. The number of rotatable bonds is 4. The molecule has 0 spiro atoms. The van der Waals surface area contributed by atoms with Crippen molar-refractivity contribution in [3.05, 3.63) is 42.2 Å². The monoisotopic (exact) mass is 244 g/mol. The van der Waals surface area contributed by atoms with Gasteiger partial charge < -0.3 is 15.9 Å². The maximum absolute atomic E-state index is 5.79. The Bertz CT molecular complexity index is 507. The molecule has 0 saturated heterocycles. The number of anilines is 2. The van der Waals surface area contributed by atoms with Gasteiger partial charge in [0.25, 0.3) is 0 Å². The van der Waals surface area contributed by atoms with Crippen molar-refractivity contribution in [3.63, 3.8) is 0 Å². The van der Waals surface area contributed by atoms with Crippen LogP contribution in [-0.2, 0) is 4.84 Å². The molecule has 6 nitrogen and oxygen atoms in total. The van der Waals surface area contributed by atoms with Crippen molar-refractivity contribution in [1.29, 1.82) is 0 Å². The van der Waals surface area contributed by atoms with Crippen LogP contribution in [0.2, 0.25) is 0 Å². The highest BCUT2D eigenvalue weighted by Gasteiger charge is 2.08. The lowest BCUT2D eigenvalue weighted by atomic mass is 10.1. The van der Waals surface area contributed by atoms with E-state index in [1.54, 1.807) is 0 Å². The summed E-state index contributed by atoms with van der Waals surface area (Å²) < 4.78 is 0. The summed E-state index contributed by atoms with van der Waals surface area (Å²) in [6.45, 7) is 0. The van der Waals surface area contributed by atoms with Crippen LogP contribution in [-0.4, -0.2) is 23.3 Å². The van der Waals surface area contributed by atoms with Crippen LogP contribution in [0.15, 0.2) is 35.4 Å². The summed E-state index contributed by atoms with van der Waals surface area (Å²) in [6, 6.07) is 0. The Morgan fingerprint density at radius 3 is 3.11 bits per heavy atom. The molecule has 1 aromatic heterocycles. The van der Waals surface area contributed by atoms with Crippen molar-refractivity contribution in [1.82, 2.24) is 9.97 Å². The minimum absolute atomic E-state index is 0.347. The second-order valence-electron chi connectivity index (χ2n) is 3.55. The zero-order valence-corrected chi connectivity index (χ0v) is 10.00. The fourth-order valence-corrected chi connectivity index (χ4v) is 1.48. The van der Waals surface area contributed by atoms with Crippen LogP contribution < -0.4 is 11.1 Å². The van der Waals surface area contributed by atoms with E-state index in [1.807, 2.05) is 12.2 Å². The van der Waals surface area contributed by atoms with Gasteiger partial charge in [0.15, 0.2) is 0 Å². The molecule has 1 heterocycles. The summed E-state index contributed by atoms with van der Waals surface area (Å²) in [5.41, 5.74) is 7.35. The minimum Gasteiger partial charge on any atom is -0.399 e. The molecule has 0 amide bonds. The quantitative estimate of drug-likeness (QED) is 0.619. The van der Waals surface area contributed by atoms with Crippen molar-refractivity contribution < 1.29 is 4.84 Å². The Labute approximate surface area is 105 Å². The molecule has 18 heavy (non-hydrogen) atoms. The summed E-state index contributed by atoms with van der Waals surface area (Å²) in [5.74, 6) is 0.946. The maximum atomic E-state index is 5.79. The number of hydrogen-bond donors (Lipinski definition) is 2. The molecule has 0 atom stereocenters. The van der Waals surface area contributed by atoms with E-state index in [0.717, 1.165) is 12.1 Å². The first-order chi connectivity index (χ1) is 8.81. The predicted molar refractivity (Wildman–Crippen MR) is 70.8 cm³/mol. The molecular formula is C12H14N5O. The lowest BCUT2D eigenvalue weighted by Gasteiger charge is -2.12. The van der Waals surface area contributed by atoms with Crippen molar-refractivity contribution >= 4 is 17.9 Å². The van der Waals surface area contributed by atoms with Gasteiger partial charge in [0.2, 0.25) is 0 Å². The molecule has 6 heteroatoms. The van der Waals surface area contributed by atoms with Gasteiger partial charge in [-0.3, -0.25) is 0 Å². The van der Waals surface area contributed by atoms with E-state index in [-0.39, 0.29) is 0 Å². The summed E-state index contributed by atoms with van der Waals surface area (Å²) in [6.07, 6.45) is 11.8. The van der Waals surface area contributed by atoms with E-state index in [2.05, 4.69) is 37.8 Å². The highest BCUT2D eigenvalue weighted by Crippen LogP contribution is 2.18. The summed E-state index contributed by atoms with van der Waals surface area (Å²) >= 11 is 0. The van der Waals surface area contributed by atoms with E-state index in [1.165, 1.54) is 19.7 Å². The van der Waals surface area contributed by atoms with Crippen molar-refractivity contribution in [2.24, 2.45) is 5.16 Å². The van der Waals surface area contributed by atoms with Gasteiger partial charge >= 0.3 is 0 Å². The van der Waals surface area contributed by atoms with E-state index >= 15 is 0 Å². The van der Waals surface area contributed by atoms with Gasteiger partial charge in [0, 0.05) is 5.70 Å². The summed E-state index contributed by atoms with van der Waals surface area (Å²) in [4.78, 5) is 12.7. The summed E-state index contributed by atoms with van der Waals surface area (Å²) in [5, 5.41) is 6.86. The lowest BCUT2D eigenvalue weighted by molar-refractivity contribution is 0.215. The number of nitrogens with two attached hydrogens (primary N) is 1. The molecule has 3 N–H and O–H groups in total. The van der Waals surface area contributed by atoms with E-state index in [4.69, 9.17) is 5.73 Å². The van der Waals surface area contributed by atoms with Crippen molar-refractivity contribution in [3.8, 4) is 0 Å². The highest BCUT2D eigenvalue weighted by molar-refractivity contribution is 5.91. The third kappa shape index (κ3) is 2.85. The molecule has 1 aromatic rings. The van der Waals surface area contributed by atoms with E-state index in [0.29, 0.717) is 17.2 Å². The second-order valence-corrected chi connectivity index (χ2v) is 3.55. The Balaban J connectivity index is 2.26. The number of hydrogen-bond acceptors (Lipinski definition) is 6. The highest BCUT2D eigenvalue weighted by atomic mass is 16.6. The number of allylic oxidation sites excluding steroid dienone is 3. The Kier molecular flexibility index (Phi) is 3.90. The van der Waals surface area contributed by atoms with E-state index in [9.17, 15) is 0 Å². The van der Waals surface area contributed by atoms with Crippen LogP contribution in [0.1, 0.15) is 12.0 Å². The number of nitrogens with zero attached hydrogens (tertiary/aromatic N) is 3.